The number of carbonyl (C=O) groups excluding carboxylic acids is 1. The fraction of sp³-hybridized carbons (Fsp3) is 0.450. The first-order chi connectivity index (χ1) is 12.8. The van der Waals surface area contributed by atoms with Crippen LogP contribution in [0.2, 0.25) is 0 Å². The second-order valence-corrected chi connectivity index (χ2v) is 6.63. The molecule has 0 aliphatic carbocycles. The van der Waals surface area contributed by atoms with Crippen molar-refractivity contribution in [3.63, 3.8) is 0 Å². The van der Waals surface area contributed by atoms with Crippen LogP contribution in [0.25, 0.3) is 0 Å². The van der Waals surface area contributed by atoms with Crippen LogP contribution in [0, 0.1) is 0 Å². The van der Waals surface area contributed by atoms with Gasteiger partial charge < -0.3 is 15.5 Å². The molecule has 1 aromatic heterocycles. The Bertz CT molecular complexity index is 689. The molecule has 0 saturated carbocycles. The van der Waals surface area contributed by atoms with Gasteiger partial charge in [-0.25, -0.2) is 9.97 Å². The highest BCUT2D eigenvalue weighted by atomic mass is 16.1. The maximum atomic E-state index is 12.2. The summed E-state index contributed by atoms with van der Waals surface area (Å²) in [6.07, 6.45) is 5.56. The average Bonchev–Trinajstić information content (AvgIpc) is 2.70. The molecule has 0 spiro atoms. The number of benzene rings is 1. The maximum absolute atomic E-state index is 12.2. The number of piperidine rings is 1. The average molecular weight is 353 g/mol. The number of nitrogens with zero attached hydrogens (tertiary/aromatic N) is 3. The molecule has 2 aromatic rings. The van der Waals surface area contributed by atoms with Crippen LogP contribution < -0.4 is 10.6 Å². The number of hydrogen-bond donors (Lipinski definition) is 2. The lowest BCUT2D eigenvalue weighted by Crippen LogP contribution is -2.40. The van der Waals surface area contributed by atoms with Crippen LogP contribution in [-0.4, -0.2) is 53.5 Å². The Morgan fingerprint density at radius 3 is 2.73 bits per heavy atom. The van der Waals surface area contributed by atoms with Gasteiger partial charge in [0.15, 0.2) is 0 Å². The highest BCUT2D eigenvalue weighted by Gasteiger charge is 2.20. The smallest absolute Gasteiger partial charge is 0.254 e. The molecule has 2 heterocycles. The van der Waals surface area contributed by atoms with Crippen LogP contribution in [0.4, 0.5) is 5.95 Å². The molecule has 1 amide bonds. The quantitative estimate of drug-likeness (QED) is 0.800. The molecule has 1 unspecified atom stereocenters. The van der Waals surface area contributed by atoms with E-state index < -0.39 is 0 Å². The molecule has 1 aromatic carbocycles. The summed E-state index contributed by atoms with van der Waals surface area (Å²) in [7, 11) is 0. The maximum Gasteiger partial charge on any atom is 0.254 e. The molecule has 6 nitrogen and oxygen atoms in total. The van der Waals surface area contributed by atoms with E-state index >= 15 is 0 Å². The van der Waals surface area contributed by atoms with Crippen molar-refractivity contribution in [3.8, 4) is 0 Å². The summed E-state index contributed by atoms with van der Waals surface area (Å²) in [6, 6.07) is 10.7. The van der Waals surface area contributed by atoms with Gasteiger partial charge in [0.25, 0.3) is 5.91 Å². The summed E-state index contributed by atoms with van der Waals surface area (Å²) in [4.78, 5) is 22.9. The zero-order valence-corrected chi connectivity index (χ0v) is 15.3. The van der Waals surface area contributed by atoms with Crippen molar-refractivity contribution in [2.45, 2.75) is 25.7 Å². The van der Waals surface area contributed by atoms with E-state index in [2.05, 4.69) is 55.8 Å². The fourth-order valence-electron chi connectivity index (χ4n) is 3.38. The number of likely N-dealkylation sites (tertiary alicyclic amines) is 1. The van der Waals surface area contributed by atoms with Crippen LogP contribution in [0.1, 0.15) is 41.6 Å². The van der Waals surface area contributed by atoms with E-state index in [1.807, 2.05) is 6.92 Å². The van der Waals surface area contributed by atoms with Crippen molar-refractivity contribution < 1.29 is 4.79 Å². The van der Waals surface area contributed by atoms with E-state index in [0.29, 0.717) is 24.0 Å². The number of carbonyl (C=O) groups is 1. The number of rotatable bonds is 7. The van der Waals surface area contributed by atoms with Crippen molar-refractivity contribution in [2.75, 3.05) is 38.0 Å². The largest absolute Gasteiger partial charge is 0.355 e. The minimum Gasteiger partial charge on any atom is -0.355 e. The van der Waals surface area contributed by atoms with Crippen LogP contribution in [0.5, 0.6) is 0 Å². The molecular formula is C20H27N5O. The van der Waals surface area contributed by atoms with E-state index in [0.717, 1.165) is 26.2 Å². The van der Waals surface area contributed by atoms with Crippen molar-refractivity contribution in [1.82, 2.24) is 20.2 Å². The molecule has 6 heteroatoms. The highest BCUT2D eigenvalue weighted by molar-refractivity contribution is 5.93. The zero-order chi connectivity index (χ0) is 18.2. The Balaban J connectivity index is 1.44. The molecule has 26 heavy (non-hydrogen) atoms. The lowest BCUT2D eigenvalue weighted by atomic mass is 9.91. The molecule has 0 bridgehead atoms. The van der Waals surface area contributed by atoms with Crippen molar-refractivity contribution in [2.24, 2.45) is 0 Å². The molecule has 0 radical (unpaired) electrons. The third-order valence-electron chi connectivity index (χ3n) is 4.74. The van der Waals surface area contributed by atoms with E-state index in [-0.39, 0.29) is 5.91 Å². The van der Waals surface area contributed by atoms with Gasteiger partial charge in [-0.15, -0.1) is 0 Å². The minimum absolute atomic E-state index is 0.121. The molecular weight excluding hydrogens is 326 g/mol. The Kier molecular flexibility index (Phi) is 6.55. The molecule has 1 aliphatic rings. The van der Waals surface area contributed by atoms with Crippen LogP contribution in [-0.2, 0) is 0 Å². The van der Waals surface area contributed by atoms with Crippen molar-refractivity contribution in [3.05, 3.63) is 53.9 Å². The number of nitrogens with one attached hydrogen (secondary N) is 2. The van der Waals surface area contributed by atoms with Gasteiger partial charge in [-0.1, -0.05) is 30.3 Å². The summed E-state index contributed by atoms with van der Waals surface area (Å²) < 4.78 is 0. The third-order valence-corrected chi connectivity index (χ3v) is 4.74. The number of amides is 1. The first kappa shape index (κ1) is 18.3. The lowest BCUT2D eigenvalue weighted by molar-refractivity contribution is 0.0945. The van der Waals surface area contributed by atoms with Gasteiger partial charge in [-0.05, 0) is 37.8 Å². The Hall–Kier alpha value is -2.47. The second-order valence-electron chi connectivity index (χ2n) is 6.63. The topological polar surface area (TPSA) is 70.2 Å². The Labute approximate surface area is 155 Å². The molecule has 1 fully saturated rings. The van der Waals surface area contributed by atoms with Gasteiger partial charge in [0, 0.05) is 38.6 Å². The fourth-order valence-corrected chi connectivity index (χ4v) is 3.38. The SMILES string of the molecule is CCNc1ncc(C(=O)NCCN2CCCC(c3ccccc3)C2)cn1. The summed E-state index contributed by atoms with van der Waals surface area (Å²) in [5.41, 5.74) is 1.91. The van der Waals surface area contributed by atoms with Crippen molar-refractivity contribution in [1.29, 1.82) is 0 Å². The molecule has 1 atom stereocenters. The Morgan fingerprint density at radius 2 is 2.00 bits per heavy atom. The van der Waals surface area contributed by atoms with Gasteiger partial charge >= 0.3 is 0 Å². The summed E-state index contributed by atoms with van der Waals surface area (Å²) in [5.74, 6) is 1.02. The van der Waals surface area contributed by atoms with E-state index in [1.54, 1.807) is 12.4 Å². The summed E-state index contributed by atoms with van der Waals surface area (Å²) in [5, 5.41) is 5.99. The van der Waals surface area contributed by atoms with Gasteiger partial charge in [0.1, 0.15) is 0 Å². The first-order valence-corrected chi connectivity index (χ1v) is 9.37. The predicted molar refractivity (Wildman–Crippen MR) is 103 cm³/mol. The molecule has 2 N–H and O–H groups in total. The summed E-state index contributed by atoms with van der Waals surface area (Å²) >= 11 is 0. The molecule has 1 aliphatic heterocycles. The van der Waals surface area contributed by atoms with E-state index in [4.69, 9.17) is 0 Å². The first-order valence-electron chi connectivity index (χ1n) is 9.37. The standard InChI is InChI=1S/C20H27N5O/c1-2-21-20-23-13-18(14-24-20)19(26)22-10-12-25-11-6-9-17(15-25)16-7-4-3-5-8-16/h3-5,7-8,13-14,17H,2,6,9-12,15H2,1H3,(H,22,26)(H,21,23,24). The number of aromatic nitrogens is 2. The van der Waals surface area contributed by atoms with Gasteiger partial charge in [0.05, 0.1) is 5.56 Å². The van der Waals surface area contributed by atoms with Crippen LogP contribution >= 0.6 is 0 Å². The number of hydrogen-bond acceptors (Lipinski definition) is 5. The monoisotopic (exact) mass is 353 g/mol. The zero-order valence-electron chi connectivity index (χ0n) is 15.3. The van der Waals surface area contributed by atoms with E-state index in [9.17, 15) is 4.79 Å². The van der Waals surface area contributed by atoms with Gasteiger partial charge in [-0.3, -0.25) is 4.79 Å². The number of anilines is 1. The van der Waals surface area contributed by atoms with Crippen LogP contribution in [0.15, 0.2) is 42.7 Å². The minimum atomic E-state index is -0.121. The third kappa shape index (κ3) is 5.02. The molecule has 1 saturated heterocycles. The second kappa shape index (κ2) is 9.29. The van der Waals surface area contributed by atoms with Gasteiger partial charge in [0.2, 0.25) is 5.95 Å². The van der Waals surface area contributed by atoms with Gasteiger partial charge in [-0.2, -0.15) is 0 Å². The normalized spacial score (nSPS) is 17.7. The molecule has 138 valence electrons. The lowest BCUT2D eigenvalue weighted by Gasteiger charge is -2.33. The molecule has 3 rings (SSSR count). The van der Waals surface area contributed by atoms with E-state index in [1.165, 1.54) is 18.4 Å². The van der Waals surface area contributed by atoms with Crippen LogP contribution in [0.3, 0.4) is 0 Å². The summed E-state index contributed by atoms with van der Waals surface area (Å²) in [6.45, 7) is 6.39. The Morgan fingerprint density at radius 1 is 1.23 bits per heavy atom. The van der Waals surface area contributed by atoms with Crippen molar-refractivity contribution >= 4 is 11.9 Å². The highest BCUT2D eigenvalue weighted by Crippen LogP contribution is 2.26. The predicted octanol–water partition coefficient (Wildman–Crippen LogP) is 2.52.